The number of halogens is 4. The normalized spacial score (nSPS) is 12.0. The van der Waals surface area contributed by atoms with Crippen LogP contribution in [0.4, 0.5) is 29.2 Å². The molecule has 0 bridgehead atoms. The van der Waals surface area contributed by atoms with E-state index in [2.05, 4.69) is 14.7 Å². The zero-order valence-electron chi connectivity index (χ0n) is 20.8. The highest BCUT2D eigenvalue weighted by molar-refractivity contribution is 7.92. The maximum Gasteiger partial charge on any atom is 0.418 e. The molecule has 0 aliphatic heterocycles. The van der Waals surface area contributed by atoms with E-state index >= 15 is 0 Å². The van der Waals surface area contributed by atoms with E-state index < -0.39 is 50.1 Å². The van der Waals surface area contributed by atoms with Gasteiger partial charge >= 0.3 is 12.1 Å². The Morgan fingerprint density at radius 3 is 2.45 bits per heavy atom. The molecule has 0 unspecified atom stereocenters. The van der Waals surface area contributed by atoms with Crippen LogP contribution in [0.15, 0.2) is 53.6 Å². The van der Waals surface area contributed by atoms with Crippen LogP contribution in [-0.4, -0.2) is 42.0 Å². The third kappa shape index (κ3) is 6.97. The molecule has 13 heteroatoms. The third-order valence-corrected chi connectivity index (χ3v) is 6.84. The third-order valence-electron chi connectivity index (χ3n) is 5.59. The Balaban J connectivity index is 1.98. The van der Waals surface area contributed by atoms with E-state index in [0.717, 1.165) is 18.2 Å². The Labute approximate surface area is 217 Å². The zero-order chi connectivity index (χ0) is 28.3. The number of aliphatic carboxylic acids is 1. The number of aryl methyl sites for hydroxylation is 1. The van der Waals surface area contributed by atoms with Gasteiger partial charge in [-0.1, -0.05) is 12.1 Å². The fraction of sp³-hybridized carbons (Fsp3) is 0.320. The molecule has 0 saturated carbocycles. The monoisotopic (exact) mass is 554 g/mol. The highest BCUT2D eigenvalue weighted by Gasteiger charge is 2.35. The summed E-state index contributed by atoms with van der Waals surface area (Å²) in [5.74, 6) is -1.86. The van der Waals surface area contributed by atoms with E-state index in [0.29, 0.717) is 24.6 Å². The molecule has 2 N–H and O–H groups in total. The minimum atomic E-state index is -4.82. The molecule has 0 radical (unpaired) electrons. The lowest BCUT2D eigenvalue weighted by atomic mass is 10.0. The van der Waals surface area contributed by atoms with Crippen molar-refractivity contribution in [2.24, 2.45) is 0 Å². The summed E-state index contributed by atoms with van der Waals surface area (Å²) < 4.78 is 83.3. The molecule has 8 nitrogen and oxygen atoms in total. The molecule has 204 valence electrons. The Morgan fingerprint density at radius 1 is 1.11 bits per heavy atom. The van der Waals surface area contributed by atoms with Gasteiger partial charge in [0.1, 0.15) is 17.5 Å². The van der Waals surface area contributed by atoms with Gasteiger partial charge in [-0.05, 0) is 69.2 Å². The number of carboxylic acid groups (broad SMARTS) is 1. The first-order chi connectivity index (χ1) is 17.7. The summed E-state index contributed by atoms with van der Waals surface area (Å²) in [6.07, 6.45) is -4.59. The number of benzene rings is 1. The Morgan fingerprint density at radius 2 is 1.82 bits per heavy atom. The summed E-state index contributed by atoms with van der Waals surface area (Å²) >= 11 is 0. The van der Waals surface area contributed by atoms with Crippen molar-refractivity contribution in [3.8, 4) is 11.3 Å². The van der Waals surface area contributed by atoms with Crippen LogP contribution in [0.2, 0.25) is 0 Å². The molecular weight excluding hydrogens is 528 g/mol. The smallest absolute Gasteiger partial charge is 0.418 e. The first-order valence-electron chi connectivity index (χ1n) is 11.5. The average molecular weight is 555 g/mol. The largest absolute Gasteiger partial charge is 0.481 e. The van der Waals surface area contributed by atoms with Crippen LogP contribution in [-0.2, 0) is 21.0 Å². The number of carbonyl (C=O) groups is 1. The number of anilines is 2. The lowest BCUT2D eigenvalue weighted by molar-refractivity contribution is -0.138. The van der Waals surface area contributed by atoms with Crippen molar-refractivity contribution >= 4 is 27.6 Å². The highest BCUT2D eigenvalue weighted by atomic mass is 32.2. The van der Waals surface area contributed by atoms with Crippen molar-refractivity contribution in [2.45, 2.75) is 50.9 Å². The van der Waals surface area contributed by atoms with Crippen molar-refractivity contribution < 1.29 is 35.9 Å². The minimum absolute atomic E-state index is 0.0739. The Hall–Kier alpha value is -3.74. The molecule has 2 heterocycles. The number of aromatic nitrogens is 2. The van der Waals surface area contributed by atoms with Gasteiger partial charge in [-0.15, -0.1) is 0 Å². The number of alkyl halides is 3. The van der Waals surface area contributed by atoms with Crippen molar-refractivity contribution in [3.05, 3.63) is 65.5 Å². The van der Waals surface area contributed by atoms with Gasteiger partial charge in [0.2, 0.25) is 0 Å². The van der Waals surface area contributed by atoms with Gasteiger partial charge in [0, 0.05) is 24.6 Å². The fourth-order valence-electron chi connectivity index (χ4n) is 3.74. The van der Waals surface area contributed by atoms with E-state index in [4.69, 9.17) is 5.11 Å². The Kier molecular flexibility index (Phi) is 8.60. The number of rotatable bonds is 10. The van der Waals surface area contributed by atoms with Gasteiger partial charge in [-0.2, -0.15) is 21.6 Å². The van der Waals surface area contributed by atoms with Gasteiger partial charge in [0.05, 0.1) is 11.3 Å². The molecule has 1 aromatic carbocycles. The summed E-state index contributed by atoms with van der Waals surface area (Å²) in [7, 11) is -4.39. The number of carboxylic acids is 1. The first kappa shape index (κ1) is 28.8. The summed E-state index contributed by atoms with van der Waals surface area (Å²) in [5, 5.41) is 8.49. The van der Waals surface area contributed by atoms with E-state index in [9.17, 15) is 30.8 Å². The van der Waals surface area contributed by atoms with Crippen LogP contribution < -0.4 is 9.62 Å². The number of pyridine rings is 2. The first-order valence-corrected chi connectivity index (χ1v) is 13.0. The SMILES string of the molecule is Cc1ccc(F)cc1-c1nc(NS(=O)(=O)c2cccc(N(CCCC(=O)O)C(C)C)n2)ccc1C(F)(F)F. The second-order valence-electron chi connectivity index (χ2n) is 8.77. The Bertz CT molecular complexity index is 1430. The summed E-state index contributed by atoms with van der Waals surface area (Å²) in [5.41, 5.74) is -1.59. The van der Waals surface area contributed by atoms with Gasteiger partial charge in [-0.3, -0.25) is 9.52 Å². The number of sulfonamides is 1. The van der Waals surface area contributed by atoms with Crippen LogP contribution in [0.3, 0.4) is 0 Å². The minimum Gasteiger partial charge on any atom is -0.481 e. The molecule has 0 amide bonds. The second kappa shape index (κ2) is 11.3. The van der Waals surface area contributed by atoms with Crippen molar-refractivity contribution in [3.63, 3.8) is 0 Å². The van der Waals surface area contributed by atoms with Crippen LogP contribution in [0.5, 0.6) is 0 Å². The second-order valence-corrected chi connectivity index (χ2v) is 10.4. The quantitative estimate of drug-likeness (QED) is 0.319. The molecule has 3 aromatic rings. The average Bonchev–Trinajstić information content (AvgIpc) is 2.82. The number of nitrogens with zero attached hydrogens (tertiary/aromatic N) is 3. The van der Waals surface area contributed by atoms with Gasteiger partial charge in [-0.25, -0.2) is 14.4 Å². The van der Waals surface area contributed by atoms with Gasteiger partial charge in [0.15, 0.2) is 5.03 Å². The van der Waals surface area contributed by atoms with E-state index in [1.165, 1.54) is 25.1 Å². The molecule has 0 spiro atoms. The van der Waals surface area contributed by atoms with Crippen LogP contribution in [0.25, 0.3) is 11.3 Å². The van der Waals surface area contributed by atoms with Crippen LogP contribution >= 0.6 is 0 Å². The molecular formula is C25H26F4N4O4S. The molecule has 0 fully saturated rings. The lowest BCUT2D eigenvalue weighted by Gasteiger charge is -2.28. The van der Waals surface area contributed by atoms with E-state index in [1.807, 2.05) is 13.8 Å². The van der Waals surface area contributed by atoms with Crippen LogP contribution in [0.1, 0.15) is 37.8 Å². The molecule has 0 atom stereocenters. The predicted molar refractivity (Wildman–Crippen MR) is 134 cm³/mol. The number of hydrogen-bond acceptors (Lipinski definition) is 6. The lowest BCUT2D eigenvalue weighted by Crippen LogP contribution is -2.33. The predicted octanol–water partition coefficient (Wildman–Crippen LogP) is 5.49. The summed E-state index contributed by atoms with van der Waals surface area (Å²) in [6.45, 7) is 5.47. The fourth-order valence-corrected chi connectivity index (χ4v) is 4.71. The van der Waals surface area contributed by atoms with Gasteiger partial charge < -0.3 is 10.0 Å². The van der Waals surface area contributed by atoms with Crippen molar-refractivity contribution in [2.75, 3.05) is 16.2 Å². The van der Waals surface area contributed by atoms with Crippen molar-refractivity contribution in [1.82, 2.24) is 9.97 Å². The molecule has 0 aliphatic carbocycles. The highest BCUT2D eigenvalue weighted by Crippen LogP contribution is 2.38. The van der Waals surface area contributed by atoms with Crippen LogP contribution in [0, 0.1) is 12.7 Å². The topological polar surface area (TPSA) is 112 Å². The maximum atomic E-state index is 13.9. The zero-order valence-corrected chi connectivity index (χ0v) is 21.6. The standard InChI is InChI=1S/C25H26F4N4O4S/c1-15(2)33(13-5-8-23(34)35)21-6-4-7-22(31-21)38(36,37)32-20-12-11-19(25(27,28)29)24(30-20)18-14-17(26)10-9-16(18)3/h4,6-7,9-12,14-15H,5,8,13H2,1-3H3,(H,30,32)(H,34,35). The molecule has 0 aliphatic rings. The summed E-state index contributed by atoms with van der Waals surface area (Å²) in [4.78, 5) is 20.7. The molecule has 3 rings (SSSR count). The van der Waals surface area contributed by atoms with Gasteiger partial charge in [0.25, 0.3) is 10.0 Å². The van der Waals surface area contributed by atoms with E-state index in [-0.39, 0.29) is 23.8 Å². The van der Waals surface area contributed by atoms with E-state index in [1.54, 1.807) is 11.0 Å². The molecule has 38 heavy (non-hydrogen) atoms. The molecule has 2 aromatic heterocycles. The summed E-state index contributed by atoms with van der Waals surface area (Å²) in [6, 6.07) is 8.95. The van der Waals surface area contributed by atoms with Crippen molar-refractivity contribution in [1.29, 1.82) is 0 Å². The molecule has 0 saturated heterocycles. The number of hydrogen-bond donors (Lipinski definition) is 2. The maximum absolute atomic E-state index is 13.9. The number of nitrogens with one attached hydrogen (secondary N) is 1.